The van der Waals surface area contributed by atoms with Crippen LogP contribution in [0, 0.1) is 5.41 Å². The van der Waals surface area contributed by atoms with Gasteiger partial charge in [0.1, 0.15) is 5.82 Å². The van der Waals surface area contributed by atoms with Gasteiger partial charge in [-0.15, -0.1) is 0 Å². The van der Waals surface area contributed by atoms with Crippen molar-refractivity contribution in [3.8, 4) is 0 Å². The summed E-state index contributed by atoms with van der Waals surface area (Å²) in [4.78, 5) is 8.53. The highest BCUT2D eigenvalue weighted by molar-refractivity contribution is 5.33. The van der Waals surface area contributed by atoms with Crippen LogP contribution in [-0.4, -0.2) is 16.0 Å². The molecule has 0 aromatic carbocycles. The number of nitrogens with one attached hydrogen (secondary N) is 1. The Hall–Kier alpha value is -1.16. The van der Waals surface area contributed by atoms with Crippen molar-refractivity contribution < 1.29 is 0 Å². The van der Waals surface area contributed by atoms with Crippen LogP contribution in [0.15, 0.2) is 12.4 Å². The van der Waals surface area contributed by atoms with E-state index in [-0.39, 0.29) is 0 Å². The van der Waals surface area contributed by atoms with Crippen LogP contribution in [0.1, 0.15) is 38.8 Å². The van der Waals surface area contributed by atoms with Gasteiger partial charge in [-0.2, -0.15) is 0 Å². The van der Waals surface area contributed by atoms with Gasteiger partial charge in [-0.3, -0.25) is 4.98 Å². The second-order valence-corrected chi connectivity index (χ2v) is 5.35. The van der Waals surface area contributed by atoms with Crippen molar-refractivity contribution in [3.63, 3.8) is 0 Å². The highest BCUT2D eigenvalue weighted by Gasteiger charge is 2.30. The number of aromatic nitrogens is 2. The minimum absolute atomic E-state index is 0.448. The predicted molar refractivity (Wildman–Crippen MR) is 65.0 cm³/mol. The number of hydrogen-bond acceptors (Lipinski definition) is 4. The molecule has 0 amide bonds. The summed E-state index contributed by atoms with van der Waals surface area (Å²) in [5, 5.41) is 3.43. The maximum absolute atomic E-state index is 5.48. The monoisotopic (exact) mass is 220 g/mol. The molecule has 0 saturated heterocycles. The molecule has 0 spiro atoms. The third-order valence-corrected chi connectivity index (χ3v) is 3.24. The molecule has 0 aliphatic heterocycles. The van der Waals surface area contributed by atoms with Crippen molar-refractivity contribution in [2.75, 3.05) is 5.32 Å². The van der Waals surface area contributed by atoms with E-state index in [1.54, 1.807) is 12.4 Å². The van der Waals surface area contributed by atoms with Crippen LogP contribution in [0.2, 0.25) is 0 Å². The molecule has 1 aromatic heterocycles. The summed E-state index contributed by atoms with van der Waals surface area (Å²) in [7, 11) is 0. The summed E-state index contributed by atoms with van der Waals surface area (Å²) < 4.78 is 0. The molecular weight excluding hydrogens is 200 g/mol. The summed E-state index contributed by atoms with van der Waals surface area (Å²) in [5.41, 5.74) is 6.77. The van der Waals surface area contributed by atoms with Gasteiger partial charge < -0.3 is 11.1 Å². The molecule has 16 heavy (non-hydrogen) atoms. The summed E-state index contributed by atoms with van der Waals surface area (Å²) in [6.07, 6.45) is 7.20. The van der Waals surface area contributed by atoms with Gasteiger partial charge >= 0.3 is 0 Å². The molecule has 1 saturated carbocycles. The fraction of sp³-hybridized carbons (Fsp3) is 0.667. The Morgan fingerprint density at radius 1 is 1.44 bits per heavy atom. The zero-order valence-corrected chi connectivity index (χ0v) is 10.0. The second-order valence-electron chi connectivity index (χ2n) is 5.35. The normalized spacial score (nSPS) is 23.3. The average molecular weight is 220 g/mol. The predicted octanol–water partition coefficient (Wildman–Crippen LogP) is 1.93. The second kappa shape index (κ2) is 4.37. The number of rotatable bonds is 3. The topological polar surface area (TPSA) is 63.8 Å². The van der Waals surface area contributed by atoms with Crippen molar-refractivity contribution >= 4 is 5.82 Å². The molecule has 1 fully saturated rings. The first-order valence-corrected chi connectivity index (χ1v) is 5.87. The first-order valence-electron chi connectivity index (χ1n) is 5.87. The standard InChI is InChI=1S/C12H20N4/c1-12(2)4-3-9(5-12)16-11-8-14-10(6-13)7-15-11/h7-9H,3-6,13H2,1-2H3,(H,15,16). The van der Waals surface area contributed by atoms with Crippen molar-refractivity contribution in [2.24, 2.45) is 11.1 Å². The lowest BCUT2D eigenvalue weighted by Gasteiger charge is -2.18. The molecular formula is C12H20N4. The molecule has 4 heteroatoms. The van der Waals surface area contributed by atoms with Crippen molar-refractivity contribution in [1.29, 1.82) is 0 Å². The van der Waals surface area contributed by atoms with Crippen LogP contribution >= 0.6 is 0 Å². The van der Waals surface area contributed by atoms with E-state index in [1.165, 1.54) is 19.3 Å². The molecule has 1 aromatic rings. The number of hydrogen-bond donors (Lipinski definition) is 2. The fourth-order valence-electron chi connectivity index (χ4n) is 2.30. The number of anilines is 1. The number of nitrogens with zero attached hydrogens (tertiary/aromatic N) is 2. The molecule has 1 aliphatic rings. The minimum atomic E-state index is 0.448. The van der Waals surface area contributed by atoms with Gasteiger partial charge in [0.2, 0.25) is 0 Å². The van der Waals surface area contributed by atoms with E-state index >= 15 is 0 Å². The Morgan fingerprint density at radius 2 is 2.25 bits per heavy atom. The summed E-state index contributed by atoms with van der Waals surface area (Å²) in [5.74, 6) is 0.861. The Kier molecular flexibility index (Phi) is 3.10. The van der Waals surface area contributed by atoms with Crippen LogP contribution in [0.3, 0.4) is 0 Å². The highest BCUT2D eigenvalue weighted by Crippen LogP contribution is 2.37. The Labute approximate surface area is 96.7 Å². The van der Waals surface area contributed by atoms with E-state index in [4.69, 9.17) is 5.73 Å². The van der Waals surface area contributed by atoms with E-state index in [9.17, 15) is 0 Å². The summed E-state index contributed by atoms with van der Waals surface area (Å²) in [6, 6.07) is 0.535. The van der Waals surface area contributed by atoms with Gasteiger partial charge in [0, 0.05) is 12.6 Å². The molecule has 0 radical (unpaired) electrons. The van der Waals surface area contributed by atoms with Crippen LogP contribution in [0.5, 0.6) is 0 Å². The molecule has 1 atom stereocenters. The Balaban J connectivity index is 1.94. The molecule has 0 bridgehead atoms. The summed E-state index contributed by atoms with van der Waals surface area (Å²) in [6.45, 7) is 5.08. The van der Waals surface area contributed by atoms with E-state index in [0.29, 0.717) is 18.0 Å². The zero-order chi connectivity index (χ0) is 11.6. The number of nitrogens with two attached hydrogens (primary N) is 1. The highest BCUT2D eigenvalue weighted by atomic mass is 15.0. The summed E-state index contributed by atoms with van der Waals surface area (Å²) >= 11 is 0. The van der Waals surface area contributed by atoms with Crippen molar-refractivity contribution in [2.45, 2.75) is 45.7 Å². The van der Waals surface area contributed by atoms with E-state index in [0.717, 1.165) is 11.5 Å². The van der Waals surface area contributed by atoms with Gasteiger partial charge in [0.25, 0.3) is 0 Å². The first kappa shape index (κ1) is 11.3. The van der Waals surface area contributed by atoms with E-state index < -0.39 is 0 Å². The fourth-order valence-corrected chi connectivity index (χ4v) is 2.30. The van der Waals surface area contributed by atoms with E-state index in [2.05, 4.69) is 29.1 Å². The quantitative estimate of drug-likeness (QED) is 0.817. The van der Waals surface area contributed by atoms with Crippen LogP contribution in [0.4, 0.5) is 5.82 Å². The molecule has 88 valence electrons. The van der Waals surface area contributed by atoms with Gasteiger partial charge in [0.05, 0.1) is 18.1 Å². The third kappa shape index (κ3) is 2.70. The Morgan fingerprint density at radius 3 is 2.75 bits per heavy atom. The maximum atomic E-state index is 5.48. The lowest BCUT2D eigenvalue weighted by Crippen LogP contribution is -2.18. The van der Waals surface area contributed by atoms with Crippen LogP contribution in [-0.2, 0) is 6.54 Å². The average Bonchev–Trinajstić information content (AvgIpc) is 2.59. The lowest BCUT2D eigenvalue weighted by atomic mass is 9.92. The third-order valence-electron chi connectivity index (χ3n) is 3.24. The smallest absolute Gasteiger partial charge is 0.144 e. The molecule has 3 N–H and O–H groups in total. The first-order chi connectivity index (χ1) is 7.59. The SMILES string of the molecule is CC1(C)CCC(Nc2cnc(CN)cn2)C1. The van der Waals surface area contributed by atoms with Gasteiger partial charge in [0.15, 0.2) is 0 Å². The van der Waals surface area contributed by atoms with Crippen LogP contribution in [0.25, 0.3) is 0 Å². The molecule has 4 nitrogen and oxygen atoms in total. The van der Waals surface area contributed by atoms with Crippen LogP contribution < -0.4 is 11.1 Å². The van der Waals surface area contributed by atoms with E-state index in [1.807, 2.05) is 0 Å². The largest absolute Gasteiger partial charge is 0.366 e. The molecule has 1 unspecified atom stereocenters. The lowest BCUT2D eigenvalue weighted by molar-refractivity contribution is 0.378. The van der Waals surface area contributed by atoms with Crippen molar-refractivity contribution in [3.05, 3.63) is 18.1 Å². The van der Waals surface area contributed by atoms with Gasteiger partial charge in [-0.1, -0.05) is 13.8 Å². The molecule has 1 aliphatic carbocycles. The van der Waals surface area contributed by atoms with Gasteiger partial charge in [-0.05, 0) is 24.7 Å². The Bertz CT molecular complexity index is 345. The van der Waals surface area contributed by atoms with Gasteiger partial charge in [-0.25, -0.2) is 4.98 Å². The van der Waals surface area contributed by atoms with Crippen molar-refractivity contribution in [1.82, 2.24) is 9.97 Å². The molecule has 1 heterocycles. The zero-order valence-electron chi connectivity index (χ0n) is 10.0. The minimum Gasteiger partial charge on any atom is -0.366 e. The molecule has 2 rings (SSSR count). The maximum Gasteiger partial charge on any atom is 0.144 e.